The summed E-state index contributed by atoms with van der Waals surface area (Å²) in [6, 6.07) is 0. The van der Waals surface area contributed by atoms with Crippen molar-refractivity contribution in [3.8, 4) is 0 Å². The van der Waals surface area contributed by atoms with Gasteiger partial charge >= 0.3 is 0 Å². The van der Waals surface area contributed by atoms with Gasteiger partial charge in [0.2, 0.25) is 0 Å². The molecule has 12 heavy (non-hydrogen) atoms. The summed E-state index contributed by atoms with van der Waals surface area (Å²) in [7, 11) is 0. The number of rotatable bonds is 0. The van der Waals surface area contributed by atoms with Gasteiger partial charge in [-0.25, -0.2) is 0 Å². The average molecular weight is 166 g/mol. The fourth-order valence-electron chi connectivity index (χ4n) is 1.94. The smallest absolute Gasteiger partial charge is 0.0323 e. The van der Waals surface area contributed by atoms with E-state index in [-0.39, 0.29) is 0 Å². The highest BCUT2D eigenvalue weighted by atomic mass is 14.2. The molecule has 0 bridgehead atoms. The highest BCUT2D eigenvalue weighted by molar-refractivity contribution is 4.99. The van der Waals surface area contributed by atoms with Crippen molar-refractivity contribution in [1.82, 2.24) is 0 Å². The van der Waals surface area contributed by atoms with E-state index < -0.39 is 0 Å². The van der Waals surface area contributed by atoms with E-state index in [1.807, 2.05) is 0 Å². The maximum Gasteiger partial charge on any atom is -0.0323 e. The summed E-state index contributed by atoms with van der Waals surface area (Å²) in [5, 5.41) is 0. The fraction of sp³-hybridized carbons (Fsp3) is 0.833. The Morgan fingerprint density at radius 1 is 1.17 bits per heavy atom. The van der Waals surface area contributed by atoms with Crippen molar-refractivity contribution in [3.63, 3.8) is 0 Å². The SMILES string of the molecule is CC1=CCCC(C)(C)CCCC1. The van der Waals surface area contributed by atoms with E-state index in [1.54, 1.807) is 5.57 Å². The van der Waals surface area contributed by atoms with Crippen molar-refractivity contribution in [2.45, 2.75) is 59.3 Å². The number of allylic oxidation sites excluding steroid dienone is 2. The van der Waals surface area contributed by atoms with E-state index in [0.29, 0.717) is 5.41 Å². The molecule has 0 atom stereocenters. The van der Waals surface area contributed by atoms with Gasteiger partial charge < -0.3 is 0 Å². The van der Waals surface area contributed by atoms with Crippen LogP contribution < -0.4 is 0 Å². The van der Waals surface area contributed by atoms with Crippen LogP contribution in [0.5, 0.6) is 0 Å². The summed E-state index contributed by atoms with van der Waals surface area (Å²) in [5.41, 5.74) is 2.19. The minimum atomic E-state index is 0.584. The third kappa shape index (κ3) is 3.42. The van der Waals surface area contributed by atoms with Gasteiger partial charge in [-0.1, -0.05) is 31.9 Å². The standard InChI is InChI=1S/C12H22/c1-11-7-4-5-9-12(2,3)10-6-8-11/h8H,4-7,9-10H2,1-3H3. The van der Waals surface area contributed by atoms with E-state index in [1.165, 1.54) is 38.5 Å². The minimum absolute atomic E-state index is 0.584. The van der Waals surface area contributed by atoms with Gasteiger partial charge in [-0.05, 0) is 44.4 Å². The lowest BCUT2D eigenvalue weighted by molar-refractivity contribution is 0.301. The molecular weight excluding hydrogens is 144 g/mol. The molecule has 0 saturated carbocycles. The van der Waals surface area contributed by atoms with Gasteiger partial charge in [-0.15, -0.1) is 0 Å². The first-order chi connectivity index (χ1) is 5.60. The third-order valence-electron chi connectivity index (χ3n) is 2.99. The molecule has 0 aromatic heterocycles. The number of hydrogen-bond donors (Lipinski definition) is 0. The molecule has 0 N–H and O–H groups in total. The van der Waals surface area contributed by atoms with Crippen molar-refractivity contribution in [1.29, 1.82) is 0 Å². The van der Waals surface area contributed by atoms with E-state index >= 15 is 0 Å². The van der Waals surface area contributed by atoms with Crippen LogP contribution in [0.4, 0.5) is 0 Å². The summed E-state index contributed by atoms with van der Waals surface area (Å²) in [6.07, 6.45) is 10.6. The molecule has 0 spiro atoms. The predicted octanol–water partition coefficient (Wildman–Crippen LogP) is 4.31. The Bertz CT molecular complexity index is 163. The molecule has 0 nitrogen and oxygen atoms in total. The zero-order valence-corrected chi connectivity index (χ0v) is 8.82. The van der Waals surface area contributed by atoms with Crippen LogP contribution in [-0.2, 0) is 0 Å². The molecule has 0 unspecified atom stereocenters. The molecular formula is C12H22. The Labute approximate surface area is 77.1 Å². The average Bonchev–Trinajstić information content (AvgIpc) is 2.02. The van der Waals surface area contributed by atoms with Gasteiger partial charge in [0.15, 0.2) is 0 Å². The largest absolute Gasteiger partial charge is 0.0856 e. The van der Waals surface area contributed by atoms with Crippen molar-refractivity contribution in [3.05, 3.63) is 11.6 Å². The molecule has 1 aliphatic rings. The summed E-state index contributed by atoms with van der Waals surface area (Å²) >= 11 is 0. The molecule has 0 heteroatoms. The highest BCUT2D eigenvalue weighted by Gasteiger charge is 2.16. The lowest BCUT2D eigenvalue weighted by atomic mass is 9.83. The Morgan fingerprint density at radius 3 is 2.67 bits per heavy atom. The molecule has 0 aliphatic heterocycles. The predicted molar refractivity (Wildman–Crippen MR) is 55.2 cm³/mol. The van der Waals surface area contributed by atoms with Crippen LogP contribution >= 0.6 is 0 Å². The molecule has 0 radical (unpaired) electrons. The van der Waals surface area contributed by atoms with Crippen molar-refractivity contribution in [2.75, 3.05) is 0 Å². The van der Waals surface area contributed by atoms with Crippen LogP contribution in [0, 0.1) is 5.41 Å². The van der Waals surface area contributed by atoms with Crippen LogP contribution in [0.2, 0.25) is 0 Å². The molecule has 1 aliphatic carbocycles. The lowest BCUT2D eigenvalue weighted by Crippen LogP contribution is -2.09. The van der Waals surface area contributed by atoms with E-state index in [2.05, 4.69) is 26.8 Å². The van der Waals surface area contributed by atoms with Gasteiger partial charge in [-0.2, -0.15) is 0 Å². The van der Waals surface area contributed by atoms with Gasteiger partial charge in [0.05, 0.1) is 0 Å². The van der Waals surface area contributed by atoms with Gasteiger partial charge in [0, 0.05) is 0 Å². The van der Waals surface area contributed by atoms with E-state index in [9.17, 15) is 0 Å². The molecule has 1 rings (SSSR count). The van der Waals surface area contributed by atoms with Crippen LogP contribution in [0.25, 0.3) is 0 Å². The van der Waals surface area contributed by atoms with Crippen LogP contribution in [-0.4, -0.2) is 0 Å². The molecule has 0 fully saturated rings. The molecule has 0 heterocycles. The van der Waals surface area contributed by atoms with Crippen LogP contribution in [0.1, 0.15) is 59.3 Å². The minimum Gasteiger partial charge on any atom is -0.0856 e. The maximum absolute atomic E-state index is 2.44. The normalized spacial score (nSPS) is 25.1. The summed E-state index contributed by atoms with van der Waals surface area (Å²) < 4.78 is 0. The Hall–Kier alpha value is -0.260. The highest BCUT2D eigenvalue weighted by Crippen LogP contribution is 2.31. The molecule has 0 amide bonds. The van der Waals surface area contributed by atoms with Gasteiger partial charge in [-0.3, -0.25) is 0 Å². The molecule has 0 saturated heterocycles. The fourth-order valence-corrected chi connectivity index (χ4v) is 1.94. The first-order valence-corrected chi connectivity index (χ1v) is 5.26. The maximum atomic E-state index is 2.44. The Kier molecular flexibility index (Phi) is 3.37. The Morgan fingerprint density at radius 2 is 1.92 bits per heavy atom. The van der Waals surface area contributed by atoms with Crippen LogP contribution in [0.15, 0.2) is 11.6 Å². The second-order valence-corrected chi connectivity index (χ2v) is 4.96. The monoisotopic (exact) mass is 166 g/mol. The lowest BCUT2D eigenvalue weighted by Gasteiger charge is -2.23. The Balaban J connectivity index is 2.49. The van der Waals surface area contributed by atoms with Crippen LogP contribution in [0.3, 0.4) is 0 Å². The first-order valence-electron chi connectivity index (χ1n) is 5.26. The van der Waals surface area contributed by atoms with Crippen molar-refractivity contribution < 1.29 is 0 Å². The number of hydrogen-bond acceptors (Lipinski definition) is 0. The first kappa shape index (κ1) is 9.83. The topological polar surface area (TPSA) is 0 Å². The summed E-state index contributed by atoms with van der Waals surface area (Å²) in [5.74, 6) is 0. The molecule has 0 aromatic rings. The van der Waals surface area contributed by atoms with E-state index in [0.717, 1.165) is 0 Å². The molecule has 0 aromatic carbocycles. The summed E-state index contributed by atoms with van der Waals surface area (Å²) in [6.45, 7) is 7.08. The zero-order chi connectivity index (χ0) is 9.03. The summed E-state index contributed by atoms with van der Waals surface area (Å²) in [4.78, 5) is 0. The van der Waals surface area contributed by atoms with Crippen molar-refractivity contribution in [2.24, 2.45) is 5.41 Å². The van der Waals surface area contributed by atoms with Gasteiger partial charge in [0.25, 0.3) is 0 Å². The van der Waals surface area contributed by atoms with Gasteiger partial charge in [0.1, 0.15) is 0 Å². The molecule has 70 valence electrons. The van der Waals surface area contributed by atoms with E-state index in [4.69, 9.17) is 0 Å². The zero-order valence-electron chi connectivity index (χ0n) is 8.82. The second kappa shape index (κ2) is 4.11. The third-order valence-corrected chi connectivity index (χ3v) is 2.99. The quantitative estimate of drug-likeness (QED) is 0.470. The van der Waals surface area contributed by atoms with Crippen molar-refractivity contribution >= 4 is 0 Å². The second-order valence-electron chi connectivity index (χ2n) is 4.96.